The average molecular weight is 867 g/mol. The van der Waals surface area contributed by atoms with Gasteiger partial charge < -0.3 is 39.1 Å². The molecule has 0 spiro atoms. The smallest absolute Gasteiger partial charge is 0.377 e. The predicted molar refractivity (Wildman–Crippen MR) is 178 cm³/mol. The van der Waals surface area contributed by atoms with Crippen LogP contribution >= 0.6 is 25.3 Å². The summed E-state index contributed by atoms with van der Waals surface area (Å²) in [6.45, 7) is -2.39. The Labute approximate surface area is 321 Å². The van der Waals surface area contributed by atoms with E-state index in [-0.39, 0.29) is 76.5 Å². The van der Waals surface area contributed by atoms with Crippen LogP contribution in [0.1, 0.15) is 22.3 Å². The summed E-state index contributed by atoms with van der Waals surface area (Å²) in [5.74, 6) is -2.84. The largest absolute Gasteiger partial charge is 0.416 e. The quantitative estimate of drug-likeness (QED) is 0.186. The number of carbonyl (C=O) groups excluding carboxylic acids is 2. The first-order valence-corrected chi connectivity index (χ1v) is 17.4. The Kier molecular flexibility index (Phi) is 17.4. The number of halogens is 12. The fourth-order valence-electron chi connectivity index (χ4n) is 4.85. The number of anilines is 2. The van der Waals surface area contributed by atoms with E-state index in [2.05, 4.69) is 25.3 Å². The van der Waals surface area contributed by atoms with Gasteiger partial charge in [-0.3, -0.25) is 9.59 Å². The standard InChI is InChI=1S/C32H34F12N2O8S2/c33-29(34,35)17-9-18(30(36,37)38)12-21(11-17)45-27(47)25-23(15-55)51-5-1-49-3-7-53-26(24(16-56)52-6-2-50-4-8-54-25)28(48)46-22-13-19(31(39,40)41)10-20(14-22)32(42,43)44/h9-14,23-26,55-56H,1-8,15-16H2,(H,45,47)(H,46,48)/t23-,24-,25-,26-/m1/s1. The molecule has 2 aromatic carbocycles. The van der Waals surface area contributed by atoms with Crippen molar-refractivity contribution in [1.29, 1.82) is 0 Å². The molecule has 2 aromatic rings. The number of hydrogen-bond acceptors (Lipinski definition) is 10. The topological polar surface area (TPSA) is 114 Å². The molecule has 0 aliphatic carbocycles. The maximum absolute atomic E-state index is 13.4. The van der Waals surface area contributed by atoms with Gasteiger partial charge in [-0.15, -0.1) is 0 Å². The summed E-state index contributed by atoms with van der Waals surface area (Å²) in [5, 5.41) is 4.00. The number of carbonyl (C=O) groups is 2. The highest BCUT2D eigenvalue weighted by Crippen LogP contribution is 2.39. The Morgan fingerprint density at radius 2 is 0.750 bits per heavy atom. The third-order valence-corrected chi connectivity index (χ3v) is 8.15. The number of benzene rings is 2. The minimum atomic E-state index is -5.18. The van der Waals surface area contributed by atoms with Gasteiger partial charge in [0.15, 0.2) is 12.2 Å². The van der Waals surface area contributed by atoms with Gasteiger partial charge in [0.05, 0.1) is 75.1 Å². The number of nitrogens with one attached hydrogen (secondary N) is 2. The molecule has 0 bridgehead atoms. The molecule has 0 unspecified atom stereocenters. The Morgan fingerprint density at radius 1 is 0.482 bits per heavy atom. The SMILES string of the molecule is O=C(Nc1cc(C(F)(F)F)cc(C(F)(F)F)c1)[C@@H]1OCCOCCO[C@H](CS)[C@H](C(=O)Nc2cc(C(F)(F)F)cc(C(F)(F)F)c2)OCCOCCO[C@@H]1CS. The first kappa shape index (κ1) is 47.4. The molecule has 1 heterocycles. The van der Waals surface area contributed by atoms with E-state index in [1.807, 2.05) is 10.6 Å². The van der Waals surface area contributed by atoms with Crippen molar-refractivity contribution in [3.63, 3.8) is 0 Å². The molecule has 2 N–H and O–H groups in total. The molecule has 24 heteroatoms. The van der Waals surface area contributed by atoms with E-state index in [9.17, 15) is 62.3 Å². The van der Waals surface area contributed by atoms with E-state index < -0.39 is 94.6 Å². The number of thiol groups is 2. The van der Waals surface area contributed by atoms with E-state index >= 15 is 0 Å². The molecule has 0 radical (unpaired) electrons. The molecule has 1 aliphatic heterocycles. The van der Waals surface area contributed by atoms with Crippen LogP contribution in [0, 0.1) is 0 Å². The monoisotopic (exact) mass is 866 g/mol. The first-order valence-electron chi connectivity index (χ1n) is 16.1. The molecule has 56 heavy (non-hydrogen) atoms. The number of amides is 2. The van der Waals surface area contributed by atoms with Crippen LogP contribution in [-0.4, -0.2) is 101 Å². The molecule has 10 nitrogen and oxygen atoms in total. The van der Waals surface area contributed by atoms with Crippen LogP contribution in [0.3, 0.4) is 0 Å². The summed E-state index contributed by atoms with van der Waals surface area (Å²) in [4.78, 5) is 26.4. The van der Waals surface area contributed by atoms with E-state index in [4.69, 9.17) is 28.4 Å². The number of ether oxygens (including phenoxy) is 6. The van der Waals surface area contributed by atoms with E-state index in [1.165, 1.54) is 0 Å². The van der Waals surface area contributed by atoms with Gasteiger partial charge in [-0.05, 0) is 36.4 Å². The molecular weight excluding hydrogens is 832 g/mol. The van der Waals surface area contributed by atoms with Crippen molar-refractivity contribution in [2.75, 3.05) is 75.0 Å². The van der Waals surface area contributed by atoms with Gasteiger partial charge in [0.2, 0.25) is 0 Å². The Balaban J connectivity index is 1.73. The maximum atomic E-state index is 13.4. The van der Waals surface area contributed by atoms with Crippen LogP contribution in [0.25, 0.3) is 0 Å². The molecule has 1 saturated heterocycles. The molecule has 316 valence electrons. The van der Waals surface area contributed by atoms with Gasteiger partial charge in [0, 0.05) is 22.9 Å². The summed E-state index contributed by atoms with van der Waals surface area (Å²) in [6.07, 6.45) is -26.5. The van der Waals surface area contributed by atoms with Crippen LogP contribution < -0.4 is 10.6 Å². The second kappa shape index (κ2) is 20.6. The molecule has 2 amide bonds. The van der Waals surface area contributed by atoms with Crippen LogP contribution in [0.5, 0.6) is 0 Å². The maximum Gasteiger partial charge on any atom is 0.416 e. The first-order chi connectivity index (χ1) is 26.0. The average Bonchev–Trinajstić information content (AvgIpc) is 3.09. The summed E-state index contributed by atoms with van der Waals surface area (Å²) in [7, 11) is 0. The summed E-state index contributed by atoms with van der Waals surface area (Å²) in [6, 6.07) is 1.02. The fourth-order valence-corrected chi connectivity index (χ4v) is 5.44. The minimum Gasteiger partial charge on any atom is -0.377 e. The van der Waals surface area contributed by atoms with Crippen molar-refractivity contribution in [3.05, 3.63) is 58.7 Å². The highest BCUT2D eigenvalue weighted by atomic mass is 32.1. The molecule has 1 aliphatic rings. The van der Waals surface area contributed by atoms with Crippen molar-refractivity contribution in [1.82, 2.24) is 0 Å². The molecule has 0 saturated carbocycles. The highest BCUT2D eigenvalue weighted by molar-refractivity contribution is 7.80. The van der Waals surface area contributed by atoms with Crippen molar-refractivity contribution in [2.45, 2.75) is 49.1 Å². The van der Waals surface area contributed by atoms with Crippen LogP contribution in [0.2, 0.25) is 0 Å². The highest BCUT2D eigenvalue weighted by Gasteiger charge is 2.39. The lowest BCUT2D eigenvalue weighted by Gasteiger charge is -2.27. The zero-order chi connectivity index (χ0) is 41.9. The van der Waals surface area contributed by atoms with Gasteiger partial charge >= 0.3 is 24.7 Å². The van der Waals surface area contributed by atoms with E-state index in [0.29, 0.717) is 24.3 Å². The minimum absolute atomic E-state index is 0.113. The third-order valence-electron chi connectivity index (χ3n) is 7.43. The van der Waals surface area contributed by atoms with Gasteiger partial charge in [0.1, 0.15) is 12.2 Å². The van der Waals surface area contributed by atoms with Crippen LogP contribution in [0.15, 0.2) is 36.4 Å². The van der Waals surface area contributed by atoms with Crippen molar-refractivity contribution in [2.24, 2.45) is 0 Å². The number of alkyl halides is 12. The molecular formula is C32H34F12N2O8S2. The number of rotatable bonds is 6. The molecule has 3 rings (SSSR count). The summed E-state index contributed by atoms with van der Waals surface area (Å²) >= 11 is 8.23. The normalized spacial score (nSPS) is 22.1. The second-order valence-electron chi connectivity index (χ2n) is 11.6. The van der Waals surface area contributed by atoms with Gasteiger partial charge in [0.25, 0.3) is 11.8 Å². The third kappa shape index (κ3) is 14.7. The van der Waals surface area contributed by atoms with Gasteiger partial charge in [-0.1, -0.05) is 0 Å². The zero-order valence-electron chi connectivity index (χ0n) is 28.5. The van der Waals surface area contributed by atoms with Crippen molar-refractivity contribution < 1.29 is 90.7 Å². The van der Waals surface area contributed by atoms with Crippen LogP contribution in [0.4, 0.5) is 64.1 Å². The molecule has 1 fully saturated rings. The summed E-state index contributed by atoms with van der Waals surface area (Å²) in [5.41, 5.74) is -8.35. The summed E-state index contributed by atoms with van der Waals surface area (Å²) < 4.78 is 194. The Morgan fingerprint density at radius 3 is 1.00 bits per heavy atom. The van der Waals surface area contributed by atoms with Crippen molar-refractivity contribution >= 4 is 48.4 Å². The fraction of sp³-hybridized carbons (Fsp3) is 0.562. The predicted octanol–water partition coefficient (Wildman–Crippen LogP) is 6.79. The lowest BCUT2D eigenvalue weighted by atomic mass is 10.1. The zero-order valence-corrected chi connectivity index (χ0v) is 30.3. The molecule has 0 aromatic heterocycles. The van der Waals surface area contributed by atoms with E-state index in [1.54, 1.807) is 0 Å². The second-order valence-corrected chi connectivity index (χ2v) is 12.3. The lowest BCUT2D eigenvalue weighted by Crippen LogP contribution is -2.44. The van der Waals surface area contributed by atoms with Crippen molar-refractivity contribution in [3.8, 4) is 0 Å². The molecule has 4 atom stereocenters. The van der Waals surface area contributed by atoms with Crippen LogP contribution in [-0.2, 0) is 62.7 Å². The Bertz CT molecular complexity index is 1420. The van der Waals surface area contributed by atoms with Gasteiger partial charge in [-0.2, -0.15) is 77.9 Å². The van der Waals surface area contributed by atoms with Gasteiger partial charge in [-0.25, -0.2) is 0 Å². The number of hydrogen-bond donors (Lipinski definition) is 4. The Hall–Kier alpha value is -3.00. The van der Waals surface area contributed by atoms with E-state index in [0.717, 1.165) is 0 Å². The lowest BCUT2D eigenvalue weighted by molar-refractivity contribution is -0.146.